The number of aromatic hydroxyl groups is 1. The van der Waals surface area contributed by atoms with Crippen LogP contribution < -0.4 is 0 Å². The molecule has 0 saturated heterocycles. The van der Waals surface area contributed by atoms with Crippen LogP contribution in [0.4, 0.5) is 5.69 Å². The molecule has 8 heteroatoms. The van der Waals surface area contributed by atoms with Crippen molar-refractivity contribution in [3.8, 4) is 5.75 Å². The highest BCUT2D eigenvalue weighted by molar-refractivity contribution is 5.98. The topological polar surface area (TPSA) is 124 Å². The molecule has 0 aromatic heterocycles. The average molecular weight is 270 g/mol. The van der Waals surface area contributed by atoms with Gasteiger partial charge in [0.2, 0.25) is 5.75 Å². The second-order valence-corrected chi connectivity index (χ2v) is 3.67. The molecular formula is C11H14N2O6. The SMILES string of the molecule is O=C(c1cccc([N+](=O)[O-])c1O)N(CCO)CCO. The van der Waals surface area contributed by atoms with Gasteiger partial charge in [-0.2, -0.15) is 0 Å². The number of nitro benzene ring substituents is 1. The van der Waals surface area contributed by atoms with Crippen molar-refractivity contribution >= 4 is 11.6 Å². The number of aliphatic hydroxyl groups is 2. The van der Waals surface area contributed by atoms with Crippen LogP contribution in [0.2, 0.25) is 0 Å². The summed E-state index contributed by atoms with van der Waals surface area (Å²) in [5.74, 6) is -1.41. The minimum absolute atomic E-state index is 0.0402. The van der Waals surface area contributed by atoms with E-state index in [0.29, 0.717) is 0 Å². The van der Waals surface area contributed by atoms with Gasteiger partial charge in [-0.25, -0.2) is 0 Å². The quantitative estimate of drug-likeness (QED) is 0.482. The van der Waals surface area contributed by atoms with Crippen LogP contribution in [0.25, 0.3) is 0 Å². The smallest absolute Gasteiger partial charge is 0.311 e. The van der Waals surface area contributed by atoms with Gasteiger partial charge in [-0.3, -0.25) is 14.9 Å². The Labute approximate surface area is 108 Å². The lowest BCUT2D eigenvalue weighted by molar-refractivity contribution is -0.385. The van der Waals surface area contributed by atoms with Gasteiger partial charge in [0.25, 0.3) is 5.91 Å². The van der Waals surface area contributed by atoms with Crippen LogP contribution in [0.3, 0.4) is 0 Å². The van der Waals surface area contributed by atoms with E-state index in [9.17, 15) is 20.0 Å². The maximum absolute atomic E-state index is 12.0. The Bertz CT molecular complexity index is 470. The molecule has 104 valence electrons. The zero-order chi connectivity index (χ0) is 14.4. The van der Waals surface area contributed by atoms with Crippen molar-refractivity contribution in [1.82, 2.24) is 4.90 Å². The van der Waals surface area contributed by atoms with Gasteiger partial charge in [-0.1, -0.05) is 6.07 Å². The molecule has 3 N–H and O–H groups in total. The molecule has 0 radical (unpaired) electrons. The Morgan fingerprint density at radius 1 is 1.26 bits per heavy atom. The number of rotatable bonds is 6. The maximum atomic E-state index is 12.0. The lowest BCUT2D eigenvalue weighted by Gasteiger charge is -2.20. The number of benzene rings is 1. The normalized spacial score (nSPS) is 10.2. The van der Waals surface area contributed by atoms with Gasteiger partial charge < -0.3 is 20.2 Å². The Morgan fingerprint density at radius 2 is 1.84 bits per heavy atom. The van der Waals surface area contributed by atoms with E-state index in [1.165, 1.54) is 12.1 Å². The van der Waals surface area contributed by atoms with Crippen LogP contribution in [-0.4, -0.2) is 57.4 Å². The average Bonchev–Trinajstić information content (AvgIpc) is 2.37. The minimum atomic E-state index is -0.797. The van der Waals surface area contributed by atoms with E-state index in [4.69, 9.17) is 10.2 Å². The lowest BCUT2D eigenvalue weighted by atomic mass is 10.1. The fraction of sp³-hybridized carbons (Fsp3) is 0.364. The molecule has 0 unspecified atom stereocenters. The first-order valence-electron chi connectivity index (χ1n) is 5.50. The summed E-state index contributed by atoms with van der Waals surface area (Å²) >= 11 is 0. The number of carbonyl (C=O) groups is 1. The summed E-state index contributed by atoms with van der Waals surface area (Å²) in [5.41, 5.74) is -0.810. The van der Waals surface area contributed by atoms with Crippen molar-refractivity contribution in [2.45, 2.75) is 0 Å². The first kappa shape index (κ1) is 14.9. The number of para-hydroxylation sites is 1. The van der Waals surface area contributed by atoms with Crippen LogP contribution in [0.15, 0.2) is 18.2 Å². The summed E-state index contributed by atoms with van der Waals surface area (Å²) in [6, 6.07) is 3.60. The van der Waals surface area contributed by atoms with Crippen molar-refractivity contribution in [3.05, 3.63) is 33.9 Å². The Morgan fingerprint density at radius 3 is 2.32 bits per heavy atom. The van der Waals surface area contributed by atoms with Gasteiger partial charge in [0, 0.05) is 19.2 Å². The van der Waals surface area contributed by atoms with E-state index in [-0.39, 0.29) is 31.9 Å². The molecule has 1 aromatic rings. The highest BCUT2D eigenvalue weighted by Gasteiger charge is 2.24. The molecule has 1 rings (SSSR count). The van der Waals surface area contributed by atoms with Gasteiger partial charge in [0.15, 0.2) is 0 Å². The maximum Gasteiger partial charge on any atom is 0.311 e. The van der Waals surface area contributed by atoms with Crippen molar-refractivity contribution in [2.24, 2.45) is 0 Å². The summed E-state index contributed by atoms with van der Waals surface area (Å²) in [5, 5.41) is 38.0. The molecule has 0 aliphatic heterocycles. The van der Waals surface area contributed by atoms with E-state index in [2.05, 4.69) is 0 Å². The van der Waals surface area contributed by atoms with Crippen LogP contribution in [0.1, 0.15) is 10.4 Å². The standard InChI is InChI=1S/C11H14N2O6/c14-6-4-12(5-7-15)11(17)8-2-1-3-9(10(8)16)13(18)19/h1-3,14-16H,4-7H2. The van der Waals surface area contributed by atoms with E-state index in [0.717, 1.165) is 11.0 Å². The highest BCUT2D eigenvalue weighted by Crippen LogP contribution is 2.29. The van der Waals surface area contributed by atoms with E-state index < -0.39 is 22.3 Å². The number of hydrogen-bond donors (Lipinski definition) is 3. The summed E-state index contributed by atoms with van der Waals surface area (Å²) < 4.78 is 0. The molecule has 1 amide bonds. The molecule has 0 fully saturated rings. The molecule has 19 heavy (non-hydrogen) atoms. The Kier molecular flexibility index (Phi) is 5.22. The molecule has 0 aliphatic carbocycles. The molecule has 0 bridgehead atoms. The first-order valence-corrected chi connectivity index (χ1v) is 5.50. The zero-order valence-corrected chi connectivity index (χ0v) is 10.0. The molecule has 1 aromatic carbocycles. The number of hydrogen-bond acceptors (Lipinski definition) is 6. The summed E-state index contributed by atoms with van der Waals surface area (Å²) in [6.07, 6.45) is 0. The number of aliphatic hydroxyl groups excluding tert-OH is 2. The van der Waals surface area contributed by atoms with Crippen LogP contribution >= 0.6 is 0 Å². The Hall–Kier alpha value is -2.19. The van der Waals surface area contributed by atoms with Crippen LogP contribution in [0, 0.1) is 10.1 Å². The second kappa shape index (κ2) is 6.66. The van der Waals surface area contributed by atoms with Gasteiger partial charge >= 0.3 is 5.69 Å². The lowest BCUT2D eigenvalue weighted by Crippen LogP contribution is -2.35. The number of carbonyl (C=O) groups excluding carboxylic acids is 1. The first-order chi connectivity index (χ1) is 9.02. The van der Waals surface area contributed by atoms with E-state index >= 15 is 0 Å². The van der Waals surface area contributed by atoms with Crippen molar-refractivity contribution in [2.75, 3.05) is 26.3 Å². The minimum Gasteiger partial charge on any atom is -0.502 e. The summed E-state index contributed by atoms with van der Waals surface area (Å²) in [6.45, 7) is -0.716. The summed E-state index contributed by atoms with van der Waals surface area (Å²) in [4.78, 5) is 23.0. The number of nitro groups is 1. The molecular weight excluding hydrogens is 256 g/mol. The Balaban J connectivity index is 3.10. The third-order valence-corrected chi connectivity index (χ3v) is 2.47. The fourth-order valence-corrected chi connectivity index (χ4v) is 1.58. The number of phenolic OH excluding ortho intramolecular Hbond substituents is 1. The van der Waals surface area contributed by atoms with Crippen molar-refractivity contribution in [1.29, 1.82) is 0 Å². The van der Waals surface area contributed by atoms with Gasteiger partial charge in [0.05, 0.1) is 23.7 Å². The number of nitrogens with zero attached hydrogens (tertiary/aromatic N) is 2. The molecule has 0 atom stereocenters. The summed E-state index contributed by atoms with van der Waals surface area (Å²) in [7, 11) is 0. The second-order valence-electron chi connectivity index (χ2n) is 3.67. The molecule has 0 spiro atoms. The van der Waals surface area contributed by atoms with E-state index in [1.807, 2.05) is 0 Å². The fourth-order valence-electron chi connectivity index (χ4n) is 1.58. The molecule has 8 nitrogen and oxygen atoms in total. The zero-order valence-electron chi connectivity index (χ0n) is 10.0. The monoisotopic (exact) mass is 270 g/mol. The van der Waals surface area contributed by atoms with Gasteiger partial charge in [0.1, 0.15) is 0 Å². The third-order valence-electron chi connectivity index (χ3n) is 2.47. The van der Waals surface area contributed by atoms with Crippen LogP contribution in [-0.2, 0) is 0 Å². The number of phenols is 1. The largest absolute Gasteiger partial charge is 0.502 e. The van der Waals surface area contributed by atoms with Gasteiger partial charge in [-0.15, -0.1) is 0 Å². The predicted octanol–water partition coefficient (Wildman–Crippen LogP) is -0.273. The molecule has 0 aliphatic rings. The van der Waals surface area contributed by atoms with E-state index in [1.54, 1.807) is 0 Å². The predicted molar refractivity (Wildman–Crippen MR) is 64.8 cm³/mol. The number of amides is 1. The molecule has 0 heterocycles. The highest BCUT2D eigenvalue weighted by atomic mass is 16.6. The molecule has 0 saturated carbocycles. The third kappa shape index (κ3) is 3.39. The van der Waals surface area contributed by atoms with Crippen molar-refractivity contribution < 1.29 is 25.0 Å². The van der Waals surface area contributed by atoms with Crippen LogP contribution in [0.5, 0.6) is 5.75 Å². The van der Waals surface area contributed by atoms with Crippen molar-refractivity contribution in [3.63, 3.8) is 0 Å². The van der Waals surface area contributed by atoms with Gasteiger partial charge in [-0.05, 0) is 6.07 Å².